The molecule has 0 aliphatic heterocycles. The third kappa shape index (κ3) is 2.69. The molecule has 13 heavy (non-hydrogen) atoms. The Morgan fingerprint density at radius 1 is 1.38 bits per heavy atom. The summed E-state index contributed by atoms with van der Waals surface area (Å²) >= 11 is 15.6. The van der Waals surface area contributed by atoms with E-state index in [-0.39, 0.29) is 15.2 Å². The summed E-state index contributed by atoms with van der Waals surface area (Å²) in [5, 5.41) is 2.50. The predicted molar refractivity (Wildman–Crippen MR) is 56.8 cm³/mol. The molecule has 1 rings (SSSR count). The molecule has 0 aromatic heterocycles. The standard InChI is InChI=1S/C7H5Cl2FN2S/c8-4-1-3(12-7(11)13)2-5(9)6(4)10/h1-2H,(H3,11,12,13). The molecule has 3 N–H and O–H groups in total. The second kappa shape index (κ2) is 4.09. The van der Waals surface area contributed by atoms with Crippen molar-refractivity contribution in [2.24, 2.45) is 5.73 Å². The van der Waals surface area contributed by atoms with Gasteiger partial charge in [-0.05, 0) is 24.4 Å². The van der Waals surface area contributed by atoms with Gasteiger partial charge >= 0.3 is 0 Å². The van der Waals surface area contributed by atoms with Gasteiger partial charge in [0.2, 0.25) is 0 Å². The molecule has 0 saturated heterocycles. The van der Waals surface area contributed by atoms with Gasteiger partial charge < -0.3 is 11.1 Å². The van der Waals surface area contributed by atoms with Crippen LogP contribution in [0.15, 0.2) is 12.1 Å². The van der Waals surface area contributed by atoms with Crippen molar-refractivity contribution < 1.29 is 4.39 Å². The second-order valence-corrected chi connectivity index (χ2v) is 3.50. The molecule has 0 aliphatic carbocycles. The van der Waals surface area contributed by atoms with Crippen LogP contribution in [0.3, 0.4) is 0 Å². The largest absolute Gasteiger partial charge is 0.376 e. The van der Waals surface area contributed by atoms with Crippen molar-refractivity contribution in [1.82, 2.24) is 0 Å². The Hall–Kier alpha value is -0.580. The molecule has 0 fully saturated rings. The summed E-state index contributed by atoms with van der Waals surface area (Å²) in [4.78, 5) is 0. The fourth-order valence-electron chi connectivity index (χ4n) is 0.770. The first-order valence-electron chi connectivity index (χ1n) is 3.21. The fourth-order valence-corrected chi connectivity index (χ4v) is 1.37. The molecule has 0 amide bonds. The van der Waals surface area contributed by atoms with Gasteiger partial charge in [0.1, 0.15) is 0 Å². The molecule has 0 heterocycles. The van der Waals surface area contributed by atoms with E-state index in [0.717, 1.165) is 0 Å². The van der Waals surface area contributed by atoms with Crippen LogP contribution < -0.4 is 11.1 Å². The van der Waals surface area contributed by atoms with E-state index in [1.165, 1.54) is 12.1 Å². The van der Waals surface area contributed by atoms with E-state index in [9.17, 15) is 4.39 Å². The minimum Gasteiger partial charge on any atom is -0.376 e. The van der Waals surface area contributed by atoms with Gasteiger partial charge in [0.05, 0.1) is 10.0 Å². The van der Waals surface area contributed by atoms with Crippen LogP contribution in [0.25, 0.3) is 0 Å². The third-order valence-corrected chi connectivity index (χ3v) is 1.90. The van der Waals surface area contributed by atoms with Crippen molar-refractivity contribution in [3.63, 3.8) is 0 Å². The zero-order valence-corrected chi connectivity index (χ0v) is 8.60. The number of benzene rings is 1. The minimum atomic E-state index is -0.656. The van der Waals surface area contributed by atoms with E-state index in [1.54, 1.807) is 0 Å². The first kappa shape index (κ1) is 10.5. The van der Waals surface area contributed by atoms with Crippen LogP contribution in [0.4, 0.5) is 10.1 Å². The molecule has 1 aromatic carbocycles. The average Bonchev–Trinajstić information content (AvgIpc) is 1.98. The Labute approximate surface area is 89.8 Å². The molecule has 0 aliphatic rings. The van der Waals surface area contributed by atoms with E-state index in [0.29, 0.717) is 5.69 Å². The summed E-state index contributed by atoms with van der Waals surface area (Å²) in [6.07, 6.45) is 0. The second-order valence-electron chi connectivity index (χ2n) is 2.24. The number of nitrogens with one attached hydrogen (secondary N) is 1. The highest BCUT2D eigenvalue weighted by Crippen LogP contribution is 2.27. The van der Waals surface area contributed by atoms with Gasteiger partial charge in [-0.3, -0.25) is 0 Å². The maximum Gasteiger partial charge on any atom is 0.168 e. The zero-order valence-electron chi connectivity index (χ0n) is 6.27. The Kier molecular flexibility index (Phi) is 3.30. The van der Waals surface area contributed by atoms with Gasteiger partial charge in [0, 0.05) is 5.69 Å². The van der Waals surface area contributed by atoms with E-state index >= 15 is 0 Å². The molecule has 70 valence electrons. The van der Waals surface area contributed by atoms with Gasteiger partial charge in [-0.15, -0.1) is 0 Å². The maximum absolute atomic E-state index is 12.9. The number of anilines is 1. The maximum atomic E-state index is 12.9. The number of hydrogen-bond acceptors (Lipinski definition) is 1. The van der Waals surface area contributed by atoms with Crippen molar-refractivity contribution in [1.29, 1.82) is 0 Å². The summed E-state index contributed by atoms with van der Waals surface area (Å²) in [6, 6.07) is 2.70. The van der Waals surface area contributed by atoms with Gasteiger partial charge in [0.25, 0.3) is 0 Å². The highest BCUT2D eigenvalue weighted by Gasteiger charge is 2.07. The number of halogens is 3. The normalized spacial score (nSPS) is 9.77. The Morgan fingerprint density at radius 3 is 2.23 bits per heavy atom. The predicted octanol–water partition coefficient (Wildman–Crippen LogP) is 2.79. The Bertz CT molecular complexity index is 333. The number of rotatable bonds is 1. The molecular weight excluding hydrogens is 234 g/mol. The van der Waals surface area contributed by atoms with Crippen LogP contribution >= 0.6 is 35.4 Å². The topological polar surface area (TPSA) is 38.0 Å². The van der Waals surface area contributed by atoms with Crippen molar-refractivity contribution in [2.45, 2.75) is 0 Å². The number of hydrogen-bond donors (Lipinski definition) is 2. The lowest BCUT2D eigenvalue weighted by Gasteiger charge is -2.05. The SMILES string of the molecule is NC(=S)Nc1cc(Cl)c(F)c(Cl)c1. The third-order valence-electron chi connectivity index (χ3n) is 1.25. The molecule has 0 saturated carbocycles. The van der Waals surface area contributed by atoms with Gasteiger partial charge in [-0.2, -0.15) is 0 Å². The summed E-state index contributed by atoms with van der Waals surface area (Å²) in [6.45, 7) is 0. The lowest BCUT2D eigenvalue weighted by Crippen LogP contribution is -2.18. The highest BCUT2D eigenvalue weighted by atomic mass is 35.5. The summed E-state index contributed by atoms with van der Waals surface area (Å²) in [5.74, 6) is -0.656. The molecule has 6 heteroatoms. The van der Waals surface area contributed by atoms with Crippen LogP contribution in [-0.2, 0) is 0 Å². The molecule has 1 aromatic rings. The summed E-state index contributed by atoms with van der Waals surface area (Å²) in [5.41, 5.74) is 5.67. The molecule has 2 nitrogen and oxygen atoms in total. The molecule has 0 spiro atoms. The van der Waals surface area contributed by atoms with Gasteiger partial charge in [-0.1, -0.05) is 23.2 Å². The van der Waals surface area contributed by atoms with Crippen LogP contribution in [0.1, 0.15) is 0 Å². The first-order valence-corrected chi connectivity index (χ1v) is 4.38. The Morgan fingerprint density at radius 2 is 1.85 bits per heavy atom. The molecule has 0 bridgehead atoms. The van der Waals surface area contributed by atoms with E-state index < -0.39 is 5.82 Å². The average molecular weight is 239 g/mol. The summed E-state index contributed by atoms with van der Waals surface area (Å²) < 4.78 is 12.9. The quantitative estimate of drug-likeness (QED) is 0.584. The van der Waals surface area contributed by atoms with Crippen LogP contribution in [-0.4, -0.2) is 5.11 Å². The first-order chi connectivity index (χ1) is 6.00. The van der Waals surface area contributed by atoms with Gasteiger partial charge in [-0.25, -0.2) is 4.39 Å². The van der Waals surface area contributed by atoms with E-state index in [2.05, 4.69) is 17.5 Å². The molecular formula is C7H5Cl2FN2S. The highest BCUT2D eigenvalue weighted by molar-refractivity contribution is 7.80. The van der Waals surface area contributed by atoms with Crippen molar-refractivity contribution >= 4 is 46.2 Å². The lowest BCUT2D eigenvalue weighted by molar-refractivity contribution is 0.629. The van der Waals surface area contributed by atoms with Crippen LogP contribution in [0.5, 0.6) is 0 Å². The zero-order chi connectivity index (χ0) is 10.0. The minimum absolute atomic E-state index is 0.0683. The number of nitrogens with two attached hydrogens (primary N) is 1. The molecule has 0 radical (unpaired) electrons. The molecule has 0 unspecified atom stereocenters. The number of thiocarbonyl (C=S) groups is 1. The van der Waals surface area contributed by atoms with Crippen molar-refractivity contribution in [2.75, 3.05) is 5.32 Å². The fraction of sp³-hybridized carbons (Fsp3) is 0. The van der Waals surface area contributed by atoms with Crippen LogP contribution in [0.2, 0.25) is 10.0 Å². The van der Waals surface area contributed by atoms with Crippen LogP contribution in [0, 0.1) is 5.82 Å². The smallest absolute Gasteiger partial charge is 0.168 e. The lowest BCUT2D eigenvalue weighted by atomic mass is 10.3. The van der Waals surface area contributed by atoms with E-state index in [1.807, 2.05) is 0 Å². The van der Waals surface area contributed by atoms with E-state index in [4.69, 9.17) is 28.9 Å². The van der Waals surface area contributed by atoms with Crippen molar-refractivity contribution in [3.05, 3.63) is 28.0 Å². The van der Waals surface area contributed by atoms with Gasteiger partial charge in [0.15, 0.2) is 10.9 Å². The van der Waals surface area contributed by atoms with Crippen molar-refractivity contribution in [3.8, 4) is 0 Å². The monoisotopic (exact) mass is 238 g/mol. The molecule has 0 atom stereocenters. The Balaban J connectivity index is 3.06. The summed E-state index contributed by atoms with van der Waals surface area (Å²) in [7, 11) is 0.